The lowest BCUT2D eigenvalue weighted by molar-refractivity contribution is -0.137. The maximum Gasteiger partial charge on any atom is 0.278 e. The molecule has 4 nitrogen and oxygen atoms in total. The van der Waals surface area contributed by atoms with Crippen LogP contribution in [0.15, 0.2) is 78.5 Å². The number of carbonyl (C=O) groups excluding carboxylic acids is 2. The molecule has 0 fully saturated rings. The number of hydrogen-bond acceptors (Lipinski definition) is 3. The minimum atomic E-state index is -0.382. The molecule has 0 aromatic heterocycles. The van der Waals surface area contributed by atoms with Crippen LogP contribution in [0.3, 0.4) is 0 Å². The minimum Gasteiger partial charge on any atom is -0.336 e. The van der Waals surface area contributed by atoms with E-state index in [1.54, 1.807) is 12.1 Å². The molecular formula is C27H23FN2O2. The summed E-state index contributed by atoms with van der Waals surface area (Å²) in [5.41, 5.74) is 5.36. The first-order valence-corrected chi connectivity index (χ1v) is 10.8. The van der Waals surface area contributed by atoms with Crippen molar-refractivity contribution in [2.24, 2.45) is 0 Å². The lowest BCUT2D eigenvalue weighted by atomic mass is 9.98. The Labute approximate surface area is 186 Å². The molecule has 0 saturated heterocycles. The van der Waals surface area contributed by atoms with Crippen LogP contribution >= 0.6 is 0 Å². The van der Waals surface area contributed by atoms with Gasteiger partial charge in [-0.15, -0.1) is 0 Å². The number of benzene rings is 3. The molecule has 5 rings (SSSR count). The predicted molar refractivity (Wildman–Crippen MR) is 122 cm³/mol. The van der Waals surface area contributed by atoms with E-state index in [2.05, 4.69) is 6.07 Å². The van der Waals surface area contributed by atoms with Crippen LogP contribution in [-0.4, -0.2) is 23.3 Å². The second-order valence-electron chi connectivity index (χ2n) is 8.30. The number of aryl methyl sites for hydroxylation is 2. The van der Waals surface area contributed by atoms with Gasteiger partial charge in [-0.3, -0.25) is 14.5 Å². The van der Waals surface area contributed by atoms with E-state index >= 15 is 0 Å². The van der Waals surface area contributed by atoms with Crippen molar-refractivity contribution in [3.05, 3.63) is 107 Å². The molecule has 2 amide bonds. The Morgan fingerprint density at radius 1 is 0.875 bits per heavy atom. The number of amides is 2. The molecule has 0 atom stereocenters. The van der Waals surface area contributed by atoms with Gasteiger partial charge in [0.05, 0.1) is 12.1 Å². The molecule has 160 valence electrons. The molecule has 0 aliphatic carbocycles. The molecule has 3 aromatic carbocycles. The van der Waals surface area contributed by atoms with Gasteiger partial charge < -0.3 is 4.90 Å². The Balaban J connectivity index is 1.61. The number of rotatable bonds is 4. The van der Waals surface area contributed by atoms with Crippen molar-refractivity contribution in [2.75, 3.05) is 11.4 Å². The Hall–Kier alpha value is -3.73. The molecule has 0 radical (unpaired) electrons. The molecule has 2 aliphatic heterocycles. The number of para-hydroxylation sites is 1. The van der Waals surface area contributed by atoms with Crippen LogP contribution in [0.5, 0.6) is 0 Å². The largest absolute Gasteiger partial charge is 0.336 e. The number of fused-ring (bicyclic) bond motifs is 1. The molecule has 0 bridgehead atoms. The van der Waals surface area contributed by atoms with Crippen LogP contribution in [0.2, 0.25) is 0 Å². The van der Waals surface area contributed by atoms with Gasteiger partial charge in [-0.1, -0.05) is 60.2 Å². The summed E-state index contributed by atoms with van der Waals surface area (Å²) in [6.45, 7) is 2.84. The first kappa shape index (κ1) is 20.2. The first-order valence-electron chi connectivity index (χ1n) is 10.8. The monoisotopic (exact) mass is 426 g/mol. The molecule has 0 saturated carbocycles. The highest BCUT2D eigenvalue weighted by Crippen LogP contribution is 2.38. The number of carbonyl (C=O) groups is 2. The number of imide groups is 1. The molecule has 32 heavy (non-hydrogen) atoms. The van der Waals surface area contributed by atoms with Crippen LogP contribution in [-0.2, 0) is 22.6 Å². The summed E-state index contributed by atoms with van der Waals surface area (Å²) in [6, 6.07) is 21.6. The maximum absolute atomic E-state index is 13.7. The normalized spacial score (nSPS) is 16.1. The molecule has 0 N–H and O–H groups in total. The maximum atomic E-state index is 13.7. The molecular weight excluding hydrogens is 403 g/mol. The number of nitrogens with zero attached hydrogens (tertiary/aromatic N) is 2. The van der Waals surface area contributed by atoms with Gasteiger partial charge in [-0.25, -0.2) is 4.39 Å². The Kier molecular flexibility index (Phi) is 5.10. The Morgan fingerprint density at radius 3 is 2.34 bits per heavy atom. The van der Waals surface area contributed by atoms with Crippen molar-refractivity contribution in [1.29, 1.82) is 0 Å². The smallest absolute Gasteiger partial charge is 0.278 e. The van der Waals surface area contributed by atoms with E-state index in [1.165, 1.54) is 17.0 Å². The SMILES string of the molecule is Cc1ccc(CN2C(=O)C(c3ccc(F)cc3)=C(N3CCCc4ccccc43)C2=O)cc1. The third kappa shape index (κ3) is 3.50. The van der Waals surface area contributed by atoms with Crippen LogP contribution in [0.4, 0.5) is 10.1 Å². The number of anilines is 1. The van der Waals surface area contributed by atoms with Crippen molar-refractivity contribution in [3.8, 4) is 0 Å². The van der Waals surface area contributed by atoms with Gasteiger partial charge in [-0.2, -0.15) is 0 Å². The van der Waals surface area contributed by atoms with E-state index in [0.29, 0.717) is 23.4 Å². The summed E-state index contributed by atoms with van der Waals surface area (Å²) in [6.07, 6.45) is 1.82. The van der Waals surface area contributed by atoms with E-state index in [1.807, 2.05) is 54.3 Å². The fraction of sp³-hybridized carbons (Fsp3) is 0.185. The van der Waals surface area contributed by atoms with Gasteiger partial charge in [-0.05, 0) is 54.7 Å². The van der Waals surface area contributed by atoms with E-state index in [9.17, 15) is 14.0 Å². The zero-order chi connectivity index (χ0) is 22.2. The summed E-state index contributed by atoms with van der Waals surface area (Å²) >= 11 is 0. The second-order valence-corrected chi connectivity index (χ2v) is 8.30. The van der Waals surface area contributed by atoms with Crippen LogP contribution in [0.1, 0.15) is 28.7 Å². The van der Waals surface area contributed by atoms with Crippen molar-refractivity contribution in [2.45, 2.75) is 26.3 Å². The number of halogens is 1. The second kappa shape index (κ2) is 8.08. The highest BCUT2D eigenvalue weighted by Gasteiger charge is 2.42. The lowest BCUT2D eigenvalue weighted by Gasteiger charge is -2.32. The van der Waals surface area contributed by atoms with Gasteiger partial charge >= 0.3 is 0 Å². The molecule has 2 aliphatic rings. The number of hydrogen-bond donors (Lipinski definition) is 0. The molecule has 2 heterocycles. The van der Waals surface area contributed by atoms with Crippen LogP contribution in [0.25, 0.3) is 5.57 Å². The zero-order valence-corrected chi connectivity index (χ0v) is 17.8. The molecule has 0 spiro atoms. The molecule has 0 unspecified atom stereocenters. The summed E-state index contributed by atoms with van der Waals surface area (Å²) in [7, 11) is 0. The Morgan fingerprint density at radius 2 is 1.59 bits per heavy atom. The van der Waals surface area contributed by atoms with E-state index < -0.39 is 0 Å². The lowest BCUT2D eigenvalue weighted by Crippen LogP contribution is -2.36. The van der Waals surface area contributed by atoms with E-state index in [4.69, 9.17) is 0 Å². The summed E-state index contributed by atoms with van der Waals surface area (Å²) in [4.78, 5) is 30.5. The van der Waals surface area contributed by atoms with Gasteiger partial charge in [0.1, 0.15) is 11.5 Å². The van der Waals surface area contributed by atoms with Crippen molar-refractivity contribution in [1.82, 2.24) is 4.90 Å². The Bertz CT molecular complexity index is 1230. The molecule has 5 heteroatoms. The van der Waals surface area contributed by atoms with Crippen molar-refractivity contribution in [3.63, 3.8) is 0 Å². The average Bonchev–Trinajstić information content (AvgIpc) is 3.05. The van der Waals surface area contributed by atoms with Gasteiger partial charge in [0.25, 0.3) is 11.8 Å². The fourth-order valence-electron chi connectivity index (χ4n) is 4.48. The third-order valence-corrected chi connectivity index (χ3v) is 6.12. The van der Waals surface area contributed by atoms with E-state index in [-0.39, 0.29) is 24.2 Å². The average molecular weight is 426 g/mol. The zero-order valence-electron chi connectivity index (χ0n) is 17.8. The van der Waals surface area contributed by atoms with Gasteiger partial charge in [0.15, 0.2) is 0 Å². The predicted octanol–water partition coefficient (Wildman–Crippen LogP) is 4.87. The topological polar surface area (TPSA) is 40.6 Å². The minimum absolute atomic E-state index is 0.196. The first-order chi connectivity index (χ1) is 15.5. The fourth-order valence-corrected chi connectivity index (χ4v) is 4.48. The van der Waals surface area contributed by atoms with Gasteiger partial charge in [0, 0.05) is 12.2 Å². The molecule has 3 aromatic rings. The summed E-state index contributed by atoms with van der Waals surface area (Å²) < 4.78 is 13.6. The van der Waals surface area contributed by atoms with E-state index in [0.717, 1.165) is 35.2 Å². The van der Waals surface area contributed by atoms with Gasteiger partial charge in [0.2, 0.25) is 0 Å². The van der Waals surface area contributed by atoms with Crippen molar-refractivity contribution >= 4 is 23.1 Å². The summed E-state index contributed by atoms with van der Waals surface area (Å²) in [5.74, 6) is -1.04. The third-order valence-electron chi connectivity index (χ3n) is 6.12. The van der Waals surface area contributed by atoms with Crippen molar-refractivity contribution < 1.29 is 14.0 Å². The van der Waals surface area contributed by atoms with Crippen LogP contribution < -0.4 is 4.90 Å². The quantitative estimate of drug-likeness (QED) is 0.559. The highest BCUT2D eigenvalue weighted by atomic mass is 19.1. The van der Waals surface area contributed by atoms with Crippen LogP contribution in [0, 0.1) is 12.7 Å². The highest BCUT2D eigenvalue weighted by molar-refractivity contribution is 6.36. The summed E-state index contributed by atoms with van der Waals surface area (Å²) in [5, 5.41) is 0. The standard InChI is InChI=1S/C27H23FN2O2/c1-18-8-10-19(11-9-18)17-30-26(31)24(21-12-14-22(28)15-13-21)25(27(30)32)29-16-4-6-20-5-2-3-7-23(20)29/h2-3,5,7-15H,4,6,16-17H2,1H3.